The molecule has 6 aromatic rings. The summed E-state index contributed by atoms with van der Waals surface area (Å²) in [5, 5.41) is 8.86. The zero-order valence-electron chi connectivity index (χ0n) is 32.5. The van der Waals surface area contributed by atoms with Gasteiger partial charge in [0.1, 0.15) is 40.8 Å². The molecule has 312 valence electrons. The number of carbonyl (C=O) groups is 1. The normalized spacial score (nSPS) is 17.4. The van der Waals surface area contributed by atoms with Crippen LogP contribution in [0.5, 0.6) is 0 Å². The molecule has 2 aromatic carbocycles. The van der Waals surface area contributed by atoms with Crippen molar-refractivity contribution in [2.24, 2.45) is 13.0 Å². The summed E-state index contributed by atoms with van der Waals surface area (Å²) in [6.07, 6.45) is 2.26. The molecule has 10 nitrogen and oxygen atoms in total. The molecule has 2 aliphatic rings. The number of sulfone groups is 1. The van der Waals surface area contributed by atoms with Crippen molar-refractivity contribution >= 4 is 38.1 Å². The van der Waals surface area contributed by atoms with E-state index in [0.717, 1.165) is 18.4 Å². The predicted octanol–water partition coefficient (Wildman–Crippen LogP) is 8.42. The average molecular weight is 868 g/mol. The van der Waals surface area contributed by atoms with Gasteiger partial charge in [-0.3, -0.25) is 14.2 Å². The number of aromatic nitrogens is 7. The molecule has 0 spiro atoms. The van der Waals surface area contributed by atoms with Crippen LogP contribution >= 0.6 is 11.6 Å². The quantitative estimate of drug-likeness (QED) is 0.0896. The van der Waals surface area contributed by atoms with E-state index in [-0.39, 0.29) is 46.1 Å². The third-order valence-electron chi connectivity index (χ3n) is 11.0. The number of benzene rings is 2. The highest BCUT2D eigenvalue weighted by molar-refractivity contribution is 7.89. The van der Waals surface area contributed by atoms with E-state index in [1.54, 1.807) is 54.6 Å². The number of hydrogen-bond acceptors (Lipinski definition) is 7. The molecule has 1 saturated carbocycles. The average Bonchev–Trinajstić information content (AvgIpc) is 3.41. The highest BCUT2D eigenvalue weighted by atomic mass is 35.5. The van der Waals surface area contributed by atoms with E-state index in [0.29, 0.717) is 32.8 Å². The second-order valence-electron chi connectivity index (χ2n) is 16.0. The van der Waals surface area contributed by atoms with E-state index in [4.69, 9.17) is 16.6 Å². The Bertz CT molecular complexity index is 2860. The molecule has 0 radical (unpaired) electrons. The molecule has 8 rings (SSSR count). The molecule has 18 heteroatoms. The zero-order valence-corrected chi connectivity index (χ0v) is 34.1. The molecular weight excluding hydrogens is 832 g/mol. The van der Waals surface area contributed by atoms with Crippen molar-refractivity contribution in [3.8, 4) is 23.0 Å². The predicted molar refractivity (Wildman–Crippen MR) is 210 cm³/mol. The van der Waals surface area contributed by atoms with Crippen molar-refractivity contribution in [1.29, 1.82) is 0 Å². The van der Waals surface area contributed by atoms with Crippen molar-refractivity contribution in [3.05, 3.63) is 117 Å². The first-order valence-corrected chi connectivity index (χ1v) is 21.2. The first-order valence-electron chi connectivity index (χ1n) is 18.8. The molecule has 0 amide bonds. The highest BCUT2D eigenvalue weighted by Crippen LogP contribution is 2.68. The van der Waals surface area contributed by atoms with E-state index in [1.807, 2.05) is 13.8 Å². The fourth-order valence-electron chi connectivity index (χ4n) is 8.34. The number of carbonyl (C=O) groups excluding carboxylic acids is 1. The minimum atomic E-state index is -3.57. The number of aryl methyl sites for hydroxylation is 1. The number of alkyl halides is 4. The molecule has 3 atom stereocenters. The number of imidazole rings is 1. The van der Waals surface area contributed by atoms with Crippen LogP contribution < -0.4 is 0 Å². The Morgan fingerprint density at radius 3 is 2.43 bits per heavy atom. The Labute approximate surface area is 345 Å². The molecule has 0 N–H and O–H groups in total. The van der Waals surface area contributed by atoms with Crippen LogP contribution in [0.25, 0.3) is 22.0 Å². The van der Waals surface area contributed by atoms with Crippen LogP contribution in [0.1, 0.15) is 84.5 Å². The third-order valence-corrected chi connectivity index (χ3v) is 12.1. The summed E-state index contributed by atoms with van der Waals surface area (Å²) in [4.78, 5) is 23.2. The van der Waals surface area contributed by atoms with Crippen LogP contribution in [-0.4, -0.2) is 54.6 Å². The van der Waals surface area contributed by atoms with Crippen molar-refractivity contribution < 1.29 is 39.6 Å². The molecule has 60 heavy (non-hydrogen) atoms. The Kier molecular flexibility index (Phi) is 10.3. The van der Waals surface area contributed by atoms with Crippen molar-refractivity contribution in [2.45, 2.75) is 75.1 Å². The smallest absolute Gasteiger partial charge is 0.293 e. The van der Waals surface area contributed by atoms with Crippen molar-refractivity contribution in [2.75, 3.05) is 6.26 Å². The monoisotopic (exact) mass is 867 g/mol. The number of hydrogen-bond donors (Lipinski definition) is 0. The van der Waals surface area contributed by atoms with Crippen LogP contribution in [-0.2, 0) is 51.9 Å². The van der Waals surface area contributed by atoms with Gasteiger partial charge in [-0.15, -0.1) is 0 Å². The summed E-state index contributed by atoms with van der Waals surface area (Å²) >= 11 is 6.68. The maximum Gasteiger partial charge on any atom is 0.293 e. The summed E-state index contributed by atoms with van der Waals surface area (Å²) < 4.78 is 117. The maximum atomic E-state index is 15.5. The number of ketones is 1. The Morgan fingerprint density at radius 2 is 1.77 bits per heavy atom. The van der Waals surface area contributed by atoms with Gasteiger partial charge in [0, 0.05) is 72.1 Å². The summed E-state index contributed by atoms with van der Waals surface area (Å²) in [5.41, 5.74) is -0.411. The van der Waals surface area contributed by atoms with Crippen LogP contribution in [0, 0.1) is 29.4 Å². The lowest BCUT2D eigenvalue weighted by molar-refractivity contribution is -0.120. The summed E-state index contributed by atoms with van der Waals surface area (Å²) in [5.74, 6) is -3.04. The van der Waals surface area contributed by atoms with Gasteiger partial charge in [0.25, 0.3) is 12.3 Å². The summed E-state index contributed by atoms with van der Waals surface area (Å²) in [6.45, 7) is 2.93. The topological polar surface area (TPSA) is 118 Å². The maximum absolute atomic E-state index is 15.5. The summed E-state index contributed by atoms with van der Waals surface area (Å²) in [7, 11) is -1.97. The van der Waals surface area contributed by atoms with Gasteiger partial charge < -0.3 is 4.57 Å². The van der Waals surface area contributed by atoms with Crippen LogP contribution in [0.2, 0.25) is 5.02 Å². The van der Waals surface area contributed by atoms with Gasteiger partial charge >= 0.3 is 0 Å². The molecule has 0 saturated heterocycles. The molecule has 0 unspecified atom stereocenters. The third kappa shape index (κ3) is 7.71. The first-order chi connectivity index (χ1) is 28.2. The van der Waals surface area contributed by atoms with E-state index in [1.165, 1.54) is 4.68 Å². The SMILES string of the molecule is Cn1nc(CS(C)(=O)=O)c2c(Cl)ccc(-c3ccc(C#CC(C)(C)n4ccnc4)nc3[C@@H](CC(=O)Cn3nc(C(F)F)c4c3C(F)(F)[C@@H]3C[C@H]43)Cc3cc(F)cc(F)c3)c21. The Morgan fingerprint density at radius 1 is 1.05 bits per heavy atom. The number of rotatable bonds is 12. The molecule has 0 bridgehead atoms. The standard InChI is InChI=1S/C42H36ClF6N7O3S/c1-41(2,55-12-11-50-21-55)10-9-26-5-6-28(29-7-8-32(43)35-33(20-60(4,58)59)52-54(3)38(29)35)36(51-26)23(13-22-14-24(44)17-25(45)15-22)16-27(57)19-56-39-34(37(53-56)40(46)47)30-18-31(30)42(39,48)49/h5-8,11-12,14-15,17,21,23,30-31,40H,13,16,18-20H2,1-4H3/t23-,30+,31-/m1/s1. The van der Waals surface area contributed by atoms with E-state index >= 15 is 8.78 Å². The minimum Gasteiger partial charge on any atom is -0.321 e. The lowest BCUT2D eigenvalue weighted by Crippen LogP contribution is -2.24. The number of pyridine rings is 1. The van der Waals surface area contributed by atoms with Crippen molar-refractivity contribution in [3.63, 3.8) is 0 Å². The number of halogens is 7. The van der Waals surface area contributed by atoms with Gasteiger partial charge in [-0.2, -0.15) is 19.0 Å². The van der Waals surface area contributed by atoms with Gasteiger partial charge in [0.05, 0.1) is 34.0 Å². The van der Waals surface area contributed by atoms with E-state index in [9.17, 15) is 30.8 Å². The van der Waals surface area contributed by atoms with Crippen molar-refractivity contribution in [1.82, 2.24) is 34.1 Å². The fraction of sp³-hybridized carbons (Fsp3) is 0.357. The van der Waals surface area contributed by atoms with Gasteiger partial charge in [-0.05, 0) is 74.4 Å². The van der Waals surface area contributed by atoms with Crippen LogP contribution in [0.3, 0.4) is 0 Å². The van der Waals surface area contributed by atoms with E-state index in [2.05, 4.69) is 27.0 Å². The van der Waals surface area contributed by atoms with Gasteiger partial charge in [-0.1, -0.05) is 23.6 Å². The fourth-order valence-corrected chi connectivity index (χ4v) is 9.30. The number of fused-ring (bicyclic) bond motifs is 4. The van der Waals surface area contributed by atoms with Gasteiger partial charge in [-0.25, -0.2) is 35.9 Å². The zero-order chi connectivity index (χ0) is 43.1. The minimum absolute atomic E-state index is 0.0448. The highest BCUT2D eigenvalue weighted by Gasteiger charge is 2.67. The van der Waals surface area contributed by atoms with Gasteiger partial charge in [0.15, 0.2) is 15.6 Å². The second-order valence-corrected chi connectivity index (χ2v) is 18.5. The Balaban J connectivity index is 1.29. The summed E-state index contributed by atoms with van der Waals surface area (Å²) in [6, 6.07) is 9.43. The Hall–Kier alpha value is -5.47. The molecule has 4 heterocycles. The lowest BCUT2D eigenvalue weighted by Gasteiger charge is -2.22. The van der Waals surface area contributed by atoms with Crippen LogP contribution in [0.4, 0.5) is 26.3 Å². The molecule has 0 aliphatic heterocycles. The number of Topliss-reactive ketones (excluding diaryl/α,β-unsaturated/α-hetero) is 1. The molecule has 2 aliphatic carbocycles. The number of nitrogens with zero attached hydrogens (tertiary/aromatic N) is 7. The largest absolute Gasteiger partial charge is 0.321 e. The second kappa shape index (κ2) is 14.9. The lowest BCUT2D eigenvalue weighted by atomic mass is 9.86. The molecule has 1 fully saturated rings. The molecule has 4 aromatic heterocycles. The molecular formula is C42H36ClF6N7O3S. The first kappa shape index (κ1) is 41.3. The van der Waals surface area contributed by atoms with E-state index < -0.39 is 93.0 Å². The van der Waals surface area contributed by atoms with Crippen LogP contribution in [0.15, 0.2) is 61.2 Å². The van der Waals surface area contributed by atoms with Gasteiger partial charge in [0.2, 0.25) is 0 Å².